The summed E-state index contributed by atoms with van der Waals surface area (Å²) in [6.07, 6.45) is 4.79. The van der Waals surface area contributed by atoms with Gasteiger partial charge < -0.3 is 19.6 Å². The van der Waals surface area contributed by atoms with E-state index in [1.54, 1.807) is 25.6 Å². The molecule has 0 fully saturated rings. The molecule has 0 aliphatic heterocycles. The first-order valence-corrected chi connectivity index (χ1v) is 9.42. The molecular weight excluding hydrogens is 368 g/mol. The molecule has 0 saturated carbocycles. The van der Waals surface area contributed by atoms with E-state index >= 15 is 0 Å². The second kappa shape index (κ2) is 8.28. The Bertz CT molecular complexity index is 1160. The molecule has 0 radical (unpaired) electrons. The molecule has 7 nitrogen and oxygen atoms in total. The summed E-state index contributed by atoms with van der Waals surface area (Å²) >= 11 is 0. The SMILES string of the molecule is COCCCC(N=N)c1oc2cnccc2c1Nc1ccc2c(O)cccc2c1. The number of ether oxygens (including phenoxy) is 1. The van der Waals surface area contributed by atoms with Gasteiger partial charge in [-0.1, -0.05) is 12.1 Å². The zero-order valence-electron chi connectivity index (χ0n) is 16.1. The maximum atomic E-state index is 10.0. The second-order valence-corrected chi connectivity index (χ2v) is 6.83. The van der Waals surface area contributed by atoms with E-state index < -0.39 is 6.04 Å². The predicted octanol–water partition coefficient (Wildman–Crippen LogP) is 5.93. The van der Waals surface area contributed by atoms with Gasteiger partial charge in [0.05, 0.1) is 11.9 Å². The highest BCUT2D eigenvalue weighted by molar-refractivity contribution is 5.96. The normalized spacial score (nSPS) is 12.3. The Labute approximate surface area is 167 Å². The number of anilines is 2. The van der Waals surface area contributed by atoms with Crippen molar-refractivity contribution in [2.24, 2.45) is 5.11 Å². The van der Waals surface area contributed by atoms with E-state index in [0.717, 1.165) is 34.0 Å². The molecule has 0 aliphatic rings. The molecule has 2 heterocycles. The van der Waals surface area contributed by atoms with Crippen LogP contribution >= 0.6 is 0 Å². The minimum absolute atomic E-state index is 0.251. The van der Waals surface area contributed by atoms with Crippen LogP contribution in [0.2, 0.25) is 0 Å². The summed E-state index contributed by atoms with van der Waals surface area (Å²) in [5, 5.41) is 19.9. The highest BCUT2D eigenvalue weighted by Gasteiger charge is 2.23. The summed E-state index contributed by atoms with van der Waals surface area (Å²) in [6.45, 7) is 0.602. The first-order chi connectivity index (χ1) is 14.2. The highest BCUT2D eigenvalue weighted by Crippen LogP contribution is 2.40. The Balaban J connectivity index is 1.75. The summed E-state index contributed by atoms with van der Waals surface area (Å²) in [4.78, 5) is 4.14. The third-order valence-electron chi connectivity index (χ3n) is 4.93. The number of fused-ring (bicyclic) bond motifs is 2. The maximum absolute atomic E-state index is 10.0. The number of phenolic OH excluding ortho intramolecular Hbond substituents is 1. The molecule has 148 valence electrons. The van der Waals surface area contributed by atoms with E-state index in [4.69, 9.17) is 14.7 Å². The van der Waals surface area contributed by atoms with Crippen LogP contribution in [0.25, 0.3) is 21.7 Å². The number of phenols is 1. The van der Waals surface area contributed by atoms with Crippen LogP contribution in [0.5, 0.6) is 5.75 Å². The zero-order valence-corrected chi connectivity index (χ0v) is 16.1. The van der Waals surface area contributed by atoms with Gasteiger partial charge >= 0.3 is 0 Å². The quantitative estimate of drug-likeness (QED) is 0.255. The van der Waals surface area contributed by atoms with Crippen LogP contribution in [0, 0.1) is 5.53 Å². The number of rotatable bonds is 8. The molecule has 3 N–H and O–H groups in total. The van der Waals surface area contributed by atoms with Crippen molar-refractivity contribution >= 4 is 33.1 Å². The summed E-state index contributed by atoms with van der Waals surface area (Å²) in [7, 11) is 1.66. The van der Waals surface area contributed by atoms with Crippen LogP contribution in [0.4, 0.5) is 11.4 Å². The number of nitrogens with one attached hydrogen (secondary N) is 2. The standard InChI is InChI=1S/C22H22N4O3/c1-28-11-3-5-18(26-23)22-21(17-9-10-24-13-20(17)29-22)25-15-7-8-16-14(12-15)4-2-6-19(16)27/h2,4,6-10,12-13,18,23,25,27H,3,5,11H2,1H3. The minimum Gasteiger partial charge on any atom is -0.507 e. The van der Waals surface area contributed by atoms with Gasteiger partial charge in [-0.15, -0.1) is 0 Å². The van der Waals surface area contributed by atoms with Crippen molar-refractivity contribution in [1.29, 1.82) is 5.53 Å². The lowest BCUT2D eigenvalue weighted by Gasteiger charge is -2.13. The van der Waals surface area contributed by atoms with Gasteiger partial charge in [-0.05, 0) is 48.6 Å². The number of hydrogen-bond donors (Lipinski definition) is 3. The van der Waals surface area contributed by atoms with Crippen molar-refractivity contribution in [2.75, 3.05) is 19.0 Å². The fourth-order valence-corrected chi connectivity index (χ4v) is 3.50. The average Bonchev–Trinajstić information content (AvgIpc) is 3.10. The molecule has 0 saturated heterocycles. The Kier molecular flexibility index (Phi) is 5.39. The average molecular weight is 390 g/mol. The van der Waals surface area contributed by atoms with Gasteiger partial charge in [0.15, 0.2) is 11.3 Å². The number of furan rings is 1. The smallest absolute Gasteiger partial charge is 0.155 e. The Morgan fingerprint density at radius 1 is 1.24 bits per heavy atom. The first kappa shape index (κ1) is 18.9. The number of aromatic hydroxyl groups is 1. The van der Waals surface area contributed by atoms with Crippen molar-refractivity contribution in [2.45, 2.75) is 18.9 Å². The second-order valence-electron chi connectivity index (χ2n) is 6.83. The molecule has 29 heavy (non-hydrogen) atoms. The van der Waals surface area contributed by atoms with E-state index in [1.807, 2.05) is 36.4 Å². The fourth-order valence-electron chi connectivity index (χ4n) is 3.50. The first-order valence-electron chi connectivity index (χ1n) is 9.42. The lowest BCUT2D eigenvalue weighted by Crippen LogP contribution is -2.00. The van der Waals surface area contributed by atoms with Crippen molar-refractivity contribution in [3.63, 3.8) is 0 Å². The summed E-state index contributed by atoms with van der Waals surface area (Å²) < 4.78 is 11.2. The largest absolute Gasteiger partial charge is 0.507 e. The molecule has 2 aromatic heterocycles. The molecule has 4 rings (SSSR count). The van der Waals surface area contributed by atoms with E-state index in [-0.39, 0.29) is 5.75 Å². The van der Waals surface area contributed by atoms with E-state index in [0.29, 0.717) is 24.4 Å². The van der Waals surface area contributed by atoms with Crippen molar-refractivity contribution < 1.29 is 14.3 Å². The zero-order chi connectivity index (χ0) is 20.2. The third-order valence-corrected chi connectivity index (χ3v) is 4.93. The van der Waals surface area contributed by atoms with Crippen molar-refractivity contribution in [3.8, 4) is 5.75 Å². The van der Waals surface area contributed by atoms with Crippen LogP contribution in [-0.2, 0) is 4.74 Å². The molecule has 0 spiro atoms. The molecule has 0 bridgehead atoms. The van der Waals surface area contributed by atoms with E-state index in [9.17, 15) is 5.11 Å². The summed E-state index contributed by atoms with van der Waals surface area (Å²) in [5.41, 5.74) is 9.94. The monoisotopic (exact) mass is 390 g/mol. The van der Waals surface area contributed by atoms with Crippen LogP contribution in [0.15, 0.2) is 64.4 Å². The van der Waals surface area contributed by atoms with Gasteiger partial charge in [-0.25, -0.2) is 5.53 Å². The lowest BCUT2D eigenvalue weighted by molar-refractivity contribution is 0.189. The minimum atomic E-state index is -0.412. The molecule has 0 amide bonds. The maximum Gasteiger partial charge on any atom is 0.155 e. The number of pyridine rings is 1. The van der Waals surface area contributed by atoms with Gasteiger partial charge in [0.1, 0.15) is 11.8 Å². The fraction of sp³-hybridized carbons (Fsp3) is 0.227. The molecular formula is C22H22N4O3. The molecule has 7 heteroatoms. The van der Waals surface area contributed by atoms with Gasteiger partial charge in [-0.2, -0.15) is 5.11 Å². The summed E-state index contributed by atoms with van der Waals surface area (Å²) in [5.74, 6) is 0.857. The lowest BCUT2D eigenvalue weighted by atomic mass is 10.1. The number of aromatic nitrogens is 1. The molecule has 0 aliphatic carbocycles. The number of hydrogen-bond acceptors (Lipinski definition) is 7. The summed E-state index contributed by atoms with van der Waals surface area (Å²) in [6, 6.07) is 12.7. The van der Waals surface area contributed by atoms with Crippen LogP contribution in [-0.4, -0.2) is 23.8 Å². The molecule has 2 aromatic carbocycles. The van der Waals surface area contributed by atoms with Crippen molar-refractivity contribution in [3.05, 3.63) is 60.6 Å². The number of nitrogens with zero attached hydrogens (tertiary/aromatic N) is 2. The Hall–Kier alpha value is -3.45. The van der Waals surface area contributed by atoms with Gasteiger partial charge in [0.25, 0.3) is 0 Å². The van der Waals surface area contributed by atoms with Crippen LogP contribution < -0.4 is 5.32 Å². The van der Waals surface area contributed by atoms with Gasteiger partial charge in [0, 0.05) is 36.4 Å². The molecule has 1 unspecified atom stereocenters. The van der Waals surface area contributed by atoms with E-state index in [2.05, 4.69) is 15.4 Å². The Morgan fingerprint density at radius 3 is 2.97 bits per heavy atom. The molecule has 1 atom stereocenters. The van der Waals surface area contributed by atoms with Crippen LogP contribution in [0.3, 0.4) is 0 Å². The van der Waals surface area contributed by atoms with Crippen molar-refractivity contribution in [1.82, 2.24) is 4.98 Å². The highest BCUT2D eigenvalue weighted by atomic mass is 16.5. The third kappa shape index (κ3) is 3.77. The number of methoxy groups -OCH3 is 1. The molecule has 4 aromatic rings. The Morgan fingerprint density at radius 2 is 2.14 bits per heavy atom. The van der Waals surface area contributed by atoms with Crippen LogP contribution in [0.1, 0.15) is 24.6 Å². The number of benzene rings is 2. The van der Waals surface area contributed by atoms with E-state index in [1.165, 1.54) is 0 Å². The van der Waals surface area contributed by atoms with Gasteiger partial charge in [0.2, 0.25) is 0 Å². The predicted molar refractivity (Wildman–Crippen MR) is 112 cm³/mol. The van der Waals surface area contributed by atoms with Gasteiger partial charge in [-0.3, -0.25) is 4.98 Å². The topological polar surface area (TPSA) is 104 Å².